The van der Waals surface area contributed by atoms with Gasteiger partial charge in [0.15, 0.2) is 9.84 Å². The molecule has 20 heavy (non-hydrogen) atoms. The van der Waals surface area contributed by atoms with Crippen molar-refractivity contribution in [1.29, 1.82) is 0 Å². The summed E-state index contributed by atoms with van der Waals surface area (Å²) in [6.07, 6.45) is 4.25. The fourth-order valence-corrected chi connectivity index (χ4v) is 3.80. The minimum absolute atomic E-state index is 0.192. The molecule has 1 aromatic heterocycles. The van der Waals surface area contributed by atoms with Gasteiger partial charge in [-0.05, 0) is 19.4 Å². The minimum Gasteiger partial charge on any atom is -0.369 e. The molecule has 1 amide bonds. The van der Waals surface area contributed by atoms with Gasteiger partial charge < -0.3 is 5.73 Å². The first-order valence-corrected chi connectivity index (χ1v) is 8.36. The summed E-state index contributed by atoms with van der Waals surface area (Å²) in [6, 6.07) is 0. The number of sulfone groups is 1. The van der Waals surface area contributed by atoms with E-state index in [4.69, 9.17) is 5.73 Å². The van der Waals surface area contributed by atoms with Crippen LogP contribution in [0, 0.1) is 0 Å². The summed E-state index contributed by atoms with van der Waals surface area (Å²) in [5.41, 5.74) is 5.48. The third kappa shape index (κ3) is 3.01. The molecule has 7 nitrogen and oxygen atoms in total. The number of rotatable bonds is 4. The molecule has 1 aliphatic heterocycles. The highest BCUT2D eigenvalue weighted by Gasteiger charge is 2.37. The van der Waals surface area contributed by atoms with Crippen molar-refractivity contribution in [3.8, 4) is 0 Å². The van der Waals surface area contributed by atoms with Gasteiger partial charge in [-0.25, -0.2) is 8.42 Å². The molecular formula is C12H20N4O3S. The molecule has 112 valence electrons. The maximum Gasteiger partial charge on any atom is 0.231 e. The van der Waals surface area contributed by atoms with E-state index in [1.807, 2.05) is 11.8 Å². The van der Waals surface area contributed by atoms with Crippen molar-refractivity contribution in [3.05, 3.63) is 11.9 Å². The van der Waals surface area contributed by atoms with Gasteiger partial charge in [-0.2, -0.15) is 5.10 Å². The molecule has 1 saturated heterocycles. The maximum absolute atomic E-state index is 11.8. The van der Waals surface area contributed by atoms with Gasteiger partial charge in [-0.15, -0.1) is 0 Å². The highest BCUT2D eigenvalue weighted by molar-refractivity contribution is 7.90. The number of H-pyrrole nitrogens is 1. The van der Waals surface area contributed by atoms with Crippen molar-refractivity contribution < 1.29 is 13.2 Å². The highest BCUT2D eigenvalue weighted by Crippen LogP contribution is 2.35. The monoisotopic (exact) mass is 300 g/mol. The van der Waals surface area contributed by atoms with Crippen LogP contribution in [-0.4, -0.2) is 55.3 Å². The predicted octanol–water partition coefficient (Wildman–Crippen LogP) is -0.348. The van der Waals surface area contributed by atoms with E-state index in [9.17, 15) is 13.2 Å². The molecule has 2 rings (SSSR count). The standard InChI is InChI=1S/C12H20N4O3S/c1-12(4-3-5-16(8-12)7-10(13)17)11-9(6-14-15-11)20(2,18)19/h6H,3-5,7-8H2,1-2H3,(H2,13,17)(H,14,15)/t12-/m1/s1. The zero-order valence-electron chi connectivity index (χ0n) is 11.7. The lowest BCUT2D eigenvalue weighted by atomic mass is 9.79. The second kappa shape index (κ2) is 5.17. The number of carbonyl (C=O) groups excluding carboxylic acids is 1. The van der Waals surface area contributed by atoms with Gasteiger partial charge in [0.1, 0.15) is 4.90 Å². The molecule has 1 atom stereocenters. The number of nitrogens with two attached hydrogens (primary N) is 1. The van der Waals surface area contributed by atoms with Crippen LogP contribution in [0.3, 0.4) is 0 Å². The fourth-order valence-electron chi connectivity index (χ4n) is 2.89. The third-order valence-corrected chi connectivity index (χ3v) is 4.87. The minimum atomic E-state index is -3.32. The molecule has 0 spiro atoms. The lowest BCUT2D eigenvalue weighted by Gasteiger charge is -2.39. The van der Waals surface area contributed by atoms with E-state index in [1.54, 1.807) is 0 Å². The van der Waals surface area contributed by atoms with E-state index in [0.717, 1.165) is 19.4 Å². The Hall–Kier alpha value is -1.41. The summed E-state index contributed by atoms with van der Waals surface area (Å²) >= 11 is 0. The van der Waals surface area contributed by atoms with E-state index in [2.05, 4.69) is 10.2 Å². The van der Waals surface area contributed by atoms with E-state index in [0.29, 0.717) is 12.2 Å². The molecule has 0 radical (unpaired) electrons. The molecule has 0 bridgehead atoms. The third-order valence-electron chi connectivity index (χ3n) is 3.76. The van der Waals surface area contributed by atoms with Crippen LogP contribution < -0.4 is 5.73 Å². The molecular weight excluding hydrogens is 280 g/mol. The normalized spacial score (nSPS) is 24.7. The van der Waals surface area contributed by atoms with Gasteiger partial charge in [-0.3, -0.25) is 14.8 Å². The van der Waals surface area contributed by atoms with Crippen LogP contribution in [0.5, 0.6) is 0 Å². The number of nitrogens with one attached hydrogen (secondary N) is 1. The van der Waals surface area contributed by atoms with Crippen LogP contribution in [0.4, 0.5) is 0 Å². The van der Waals surface area contributed by atoms with Crippen molar-refractivity contribution in [1.82, 2.24) is 15.1 Å². The zero-order chi connectivity index (χ0) is 15.0. The molecule has 1 aliphatic rings. The number of hydrogen-bond acceptors (Lipinski definition) is 5. The number of hydrogen-bond donors (Lipinski definition) is 2. The van der Waals surface area contributed by atoms with Crippen LogP contribution in [0.25, 0.3) is 0 Å². The van der Waals surface area contributed by atoms with E-state index < -0.39 is 9.84 Å². The predicted molar refractivity (Wildman–Crippen MR) is 73.9 cm³/mol. The number of nitrogens with zero attached hydrogens (tertiary/aromatic N) is 2. The summed E-state index contributed by atoms with van der Waals surface area (Å²) in [5, 5.41) is 6.71. The number of amides is 1. The molecule has 8 heteroatoms. The second-order valence-corrected chi connectivity index (χ2v) is 7.71. The Morgan fingerprint density at radius 3 is 2.90 bits per heavy atom. The Kier molecular flexibility index (Phi) is 3.88. The van der Waals surface area contributed by atoms with Gasteiger partial charge in [0, 0.05) is 18.2 Å². The Balaban J connectivity index is 2.31. The average Bonchev–Trinajstić information content (AvgIpc) is 2.76. The van der Waals surface area contributed by atoms with E-state index >= 15 is 0 Å². The smallest absolute Gasteiger partial charge is 0.231 e. The van der Waals surface area contributed by atoms with Crippen LogP contribution in [0.15, 0.2) is 11.1 Å². The molecule has 2 heterocycles. The number of aromatic amines is 1. The number of primary amides is 1. The number of likely N-dealkylation sites (tertiary alicyclic amines) is 1. The Labute approximate surface area is 118 Å². The highest BCUT2D eigenvalue weighted by atomic mass is 32.2. The lowest BCUT2D eigenvalue weighted by Crippen LogP contribution is -2.47. The summed E-state index contributed by atoms with van der Waals surface area (Å²) < 4.78 is 23.6. The van der Waals surface area contributed by atoms with Gasteiger partial charge >= 0.3 is 0 Å². The molecule has 3 N–H and O–H groups in total. The number of piperidine rings is 1. The first kappa shape index (κ1) is 15.0. The Morgan fingerprint density at radius 2 is 2.30 bits per heavy atom. The number of carbonyl (C=O) groups is 1. The topological polar surface area (TPSA) is 109 Å². The van der Waals surface area contributed by atoms with Crippen molar-refractivity contribution in [3.63, 3.8) is 0 Å². The molecule has 1 aromatic rings. The van der Waals surface area contributed by atoms with Crippen LogP contribution in [0.1, 0.15) is 25.5 Å². The largest absolute Gasteiger partial charge is 0.369 e. The summed E-state index contributed by atoms with van der Waals surface area (Å²) in [5.74, 6) is -0.373. The molecule has 0 aromatic carbocycles. The zero-order valence-corrected chi connectivity index (χ0v) is 12.5. The van der Waals surface area contributed by atoms with Crippen LogP contribution in [-0.2, 0) is 20.0 Å². The number of aromatic nitrogens is 2. The summed E-state index contributed by atoms with van der Waals surface area (Å²) in [7, 11) is -3.32. The van der Waals surface area contributed by atoms with Gasteiger partial charge in [0.2, 0.25) is 5.91 Å². The Bertz CT molecular complexity index is 610. The van der Waals surface area contributed by atoms with Crippen molar-refractivity contribution in [2.75, 3.05) is 25.9 Å². The maximum atomic E-state index is 11.8. The van der Waals surface area contributed by atoms with Crippen molar-refractivity contribution in [2.24, 2.45) is 5.73 Å². The van der Waals surface area contributed by atoms with E-state index in [-0.39, 0.29) is 22.8 Å². The molecule has 0 unspecified atom stereocenters. The summed E-state index contributed by atoms with van der Waals surface area (Å²) in [6.45, 7) is 3.56. The van der Waals surface area contributed by atoms with Gasteiger partial charge in [0.25, 0.3) is 0 Å². The molecule has 1 fully saturated rings. The van der Waals surface area contributed by atoms with Gasteiger partial charge in [-0.1, -0.05) is 6.92 Å². The van der Waals surface area contributed by atoms with Gasteiger partial charge in [0.05, 0.1) is 18.4 Å². The second-order valence-electron chi connectivity index (χ2n) is 5.72. The fraction of sp³-hybridized carbons (Fsp3) is 0.667. The van der Waals surface area contributed by atoms with Crippen LogP contribution in [0.2, 0.25) is 0 Å². The first-order chi connectivity index (χ1) is 9.22. The Morgan fingerprint density at radius 1 is 1.60 bits per heavy atom. The SMILES string of the molecule is C[C@@]1(c2[nH]ncc2S(C)(=O)=O)CCCN(CC(N)=O)C1. The lowest BCUT2D eigenvalue weighted by molar-refractivity contribution is -0.119. The van der Waals surface area contributed by atoms with Crippen LogP contribution >= 0.6 is 0 Å². The first-order valence-electron chi connectivity index (χ1n) is 6.47. The average molecular weight is 300 g/mol. The molecule has 0 aliphatic carbocycles. The van der Waals surface area contributed by atoms with Crippen molar-refractivity contribution >= 4 is 15.7 Å². The molecule has 0 saturated carbocycles. The van der Waals surface area contributed by atoms with Crippen molar-refractivity contribution in [2.45, 2.75) is 30.1 Å². The summed E-state index contributed by atoms with van der Waals surface area (Å²) in [4.78, 5) is 13.2. The van der Waals surface area contributed by atoms with E-state index in [1.165, 1.54) is 12.5 Å². The quantitative estimate of drug-likeness (QED) is 0.790.